The number of halogens is 1. The SMILES string of the molecule is COc1ccc2nc(C(=O)[C@H](C#N)c3ccc(F)cn3)ccc2c1. The molecule has 0 amide bonds. The van der Waals surface area contributed by atoms with Gasteiger partial charge in [-0.25, -0.2) is 9.37 Å². The number of hydrogen-bond acceptors (Lipinski definition) is 5. The van der Waals surface area contributed by atoms with E-state index in [1.54, 1.807) is 37.4 Å². The molecule has 5 nitrogen and oxygen atoms in total. The Balaban J connectivity index is 1.97. The first-order chi connectivity index (χ1) is 11.6. The number of nitriles is 1. The standard InChI is InChI=1S/C18H12FN3O2/c1-24-13-4-7-15-11(8-13)2-5-17(22-15)18(23)14(9-20)16-6-3-12(19)10-21-16/h2-8,10,14H,1H3/t14-/m1/s1. The summed E-state index contributed by atoms with van der Waals surface area (Å²) in [6.45, 7) is 0. The number of rotatable bonds is 4. The third kappa shape index (κ3) is 2.92. The molecule has 0 N–H and O–H groups in total. The van der Waals surface area contributed by atoms with E-state index in [4.69, 9.17) is 4.74 Å². The number of ether oxygens (including phenoxy) is 1. The van der Waals surface area contributed by atoms with Gasteiger partial charge in [-0.15, -0.1) is 0 Å². The Hall–Kier alpha value is -3.33. The molecule has 118 valence electrons. The summed E-state index contributed by atoms with van der Waals surface area (Å²) in [5.41, 5.74) is 0.969. The summed E-state index contributed by atoms with van der Waals surface area (Å²) in [5, 5.41) is 10.1. The number of carbonyl (C=O) groups is 1. The molecule has 1 aromatic carbocycles. The highest BCUT2D eigenvalue weighted by atomic mass is 19.1. The van der Waals surface area contributed by atoms with Crippen LogP contribution in [0.15, 0.2) is 48.7 Å². The van der Waals surface area contributed by atoms with Crippen molar-refractivity contribution in [3.8, 4) is 11.8 Å². The summed E-state index contributed by atoms with van der Waals surface area (Å²) in [4.78, 5) is 20.7. The maximum atomic E-state index is 13.0. The van der Waals surface area contributed by atoms with E-state index in [-0.39, 0.29) is 11.4 Å². The number of pyridine rings is 2. The van der Waals surface area contributed by atoms with Crippen LogP contribution < -0.4 is 4.74 Å². The van der Waals surface area contributed by atoms with E-state index >= 15 is 0 Å². The van der Waals surface area contributed by atoms with E-state index in [0.717, 1.165) is 11.6 Å². The van der Waals surface area contributed by atoms with Gasteiger partial charge in [0.15, 0.2) is 5.92 Å². The topological polar surface area (TPSA) is 75.9 Å². The lowest BCUT2D eigenvalue weighted by atomic mass is 9.98. The quantitative estimate of drug-likeness (QED) is 0.689. The molecular weight excluding hydrogens is 309 g/mol. The Morgan fingerprint density at radius 3 is 2.75 bits per heavy atom. The van der Waals surface area contributed by atoms with E-state index in [2.05, 4.69) is 9.97 Å². The Bertz CT molecular complexity index is 949. The molecule has 0 unspecified atom stereocenters. The second-order valence-corrected chi connectivity index (χ2v) is 5.08. The molecule has 3 aromatic rings. The highest BCUT2D eigenvalue weighted by Crippen LogP contribution is 2.22. The van der Waals surface area contributed by atoms with Crippen molar-refractivity contribution in [1.29, 1.82) is 5.26 Å². The third-order valence-electron chi connectivity index (χ3n) is 3.59. The zero-order chi connectivity index (χ0) is 17.1. The van der Waals surface area contributed by atoms with Crippen LogP contribution in [0.2, 0.25) is 0 Å². The summed E-state index contributed by atoms with van der Waals surface area (Å²) in [6.07, 6.45) is 0.979. The molecule has 24 heavy (non-hydrogen) atoms. The Morgan fingerprint density at radius 1 is 1.25 bits per heavy atom. The number of aromatic nitrogens is 2. The second kappa shape index (κ2) is 6.42. The first kappa shape index (κ1) is 15.6. The van der Waals surface area contributed by atoms with Crippen molar-refractivity contribution in [3.63, 3.8) is 0 Å². The minimum atomic E-state index is -1.13. The fraction of sp³-hybridized carbons (Fsp3) is 0.111. The fourth-order valence-electron chi connectivity index (χ4n) is 2.33. The smallest absolute Gasteiger partial charge is 0.204 e. The average Bonchev–Trinajstić information content (AvgIpc) is 2.62. The second-order valence-electron chi connectivity index (χ2n) is 5.08. The highest BCUT2D eigenvalue weighted by Gasteiger charge is 2.24. The van der Waals surface area contributed by atoms with Crippen LogP contribution in [0.5, 0.6) is 5.75 Å². The van der Waals surface area contributed by atoms with Gasteiger partial charge in [0.1, 0.15) is 17.3 Å². The lowest BCUT2D eigenvalue weighted by molar-refractivity contribution is 0.0973. The van der Waals surface area contributed by atoms with E-state index in [9.17, 15) is 14.4 Å². The molecule has 0 aliphatic heterocycles. The Morgan fingerprint density at radius 2 is 2.08 bits per heavy atom. The lowest BCUT2D eigenvalue weighted by Gasteiger charge is -2.08. The van der Waals surface area contributed by atoms with E-state index in [1.807, 2.05) is 6.07 Å². The molecule has 0 saturated carbocycles. The van der Waals surface area contributed by atoms with E-state index < -0.39 is 17.5 Å². The first-order valence-electron chi connectivity index (χ1n) is 7.12. The van der Waals surface area contributed by atoms with Gasteiger partial charge in [-0.05, 0) is 36.4 Å². The van der Waals surface area contributed by atoms with Crippen molar-refractivity contribution in [2.45, 2.75) is 5.92 Å². The number of hydrogen-bond donors (Lipinski definition) is 0. The number of methoxy groups -OCH3 is 1. The predicted octanol–water partition coefficient (Wildman–Crippen LogP) is 3.27. The molecule has 2 aromatic heterocycles. The van der Waals surface area contributed by atoms with Crippen LogP contribution in [0, 0.1) is 17.1 Å². The molecule has 0 saturated heterocycles. The average molecular weight is 321 g/mol. The number of ketones is 1. The Labute approximate surface area is 137 Å². The van der Waals surface area contributed by atoms with Gasteiger partial charge in [0.25, 0.3) is 0 Å². The molecule has 0 radical (unpaired) electrons. The molecule has 0 fully saturated rings. The van der Waals surface area contributed by atoms with E-state index in [0.29, 0.717) is 11.3 Å². The number of carbonyl (C=O) groups excluding carboxylic acids is 1. The molecule has 2 heterocycles. The molecule has 0 spiro atoms. The Kier molecular flexibility index (Phi) is 4.17. The first-order valence-corrected chi connectivity index (χ1v) is 7.12. The molecule has 6 heteroatoms. The summed E-state index contributed by atoms with van der Waals surface area (Å²) in [5.74, 6) is -1.45. The lowest BCUT2D eigenvalue weighted by Crippen LogP contribution is -2.14. The van der Waals surface area contributed by atoms with Crippen molar-refractivity contribution in [3.05, 3.63) is 65.9 Å². The zero-order valence-corrected chi connectivity index (χ0v) is 12.7. The minimum absolute atomic E-state index is 0.158. The number of fused-ring (bicyclic) bond motifs is 1. The van der Waals surface area contributed by atoms with Crippen molar-refractivity contribution in [1.82, 2.24) is 9.97 Å². The van der Waals surface area contributed by atoms with Crippen molar-refractivity contribution in [2.75, 3.05) is 7.11 Å². The van der Waals surface area contributed by atoms with Crippen LogP contribution in [0.3, 0.4) is 0 Å². The van der Waals surface area contributed by atoms with Crippen molar-refractivity contribution in [2.24, 2.45) is 0 Å². The van der Waals surface area contributed by atoms with Crippen LogP contribution in [-0.2, 0) is 0 Å². The van der Waals surface area contributed by atoms with Gasteiger partial charge < -0.3 is 4.74 Å². The van der Waals surface area contributed by atoms with Crippen LogP contribution >= 0.6 is 0 Å². The van der Waals surface area contributed by atoms with Crippen LogP contribution in [-0.4, -0.2) is 22.9 Å². The molecule has 1 atom stereocenters. The van der Waals surface area contributed by atoms with Gasteiger partial charge in [-0.1, -0.05) is 6.07 Å². The van der Waals surface area contributed by atoms with Crippen molar-refractivity contribution >= 4 is 16.7 Å². The van der Waals surface area contributed by atoms with Gasteiger partial charge in [-0.2, -0.15) is 5.26 Å². The molecular formula is C18H12FN3O2. The van der Waals surface area contributed by atoms with E-state index in [1.165, 1.54) is 12.1 Å². The summed E-state index contributed by atoms with van der Waals surface area (Å²) >= 11 is 0. The highest BCUT2D eigenvalue weighted by molar-refractivity contribution is 6.02. The minimum Gasteiger partial charge on any atom is -0.497 e. The molecule has 0 bridgehead atoms. The largest absolute Gasteiger partial charge is 0.497 e. The predicted molar refractivity (Wildman–Crippen MR) is 85.2 cm³/mol. The third-order valence-corrected chi connectivity index (χ3v) is 3.59. The fourth-order valence-corrected chi connectivity index (χ4v) is 2.33. The van der Waals surface area contributed by atoms with Crippen molar-refractivity contribution < 1.29 is 13.9 Å². The maximum absolute atomic E-state index is 13.0. The van der Waals surface area contributed by atoms with Gasteiger partial charge in [0, 0.05) is 5.39 Å². The summed E-state index contributed by atoms with van der Waals surface area (Å²) in [7, 11) is 1.57. The zero-order valence-electron chi connectivity index (χ0n) is 12.7. The monoisotopic (exact) mass is 321 g/mol. The number of benzene rings is 1. The van der Waals surface area contributed by atoms with Gasteiger partial charge in [0.2, 0.25) is 5.78 Å². The summed E-state index contributed by atoms with van der Waals surface area (Å²) in [6, 6.07) is 13.0. The normalized spacial score (nSPS) is 11.7. The van der Waals surface area contributed by atoms with Crippen LogP contribution in [0.1, 0.15) is 22.1 Å². The molecule has 0 aliphatic carbocycles. The molecule has 0 aliphatic rings. The van der Waals surface area contributed by atoms with Gasteiger partial charge in [-0.3, -0.25) is 9.78 Å². The number of nitrogens with zero attached hydrogens (tertiary/aromatic N) is 3. The van der Waals surface area contributed by atoms with Crippen LogP contribution in [0.4, 0.5) is 4.39 Å². The van der Waals surface area contributed by atoms with Crippen LogP contribution in [0.25, 0.3) is 10.9 Å². The number of Topliss-reactive ketones (excluding diaryl/α,β-unsaturated/α-hetero) is 1. The van der Waals surface area contributed by atoms with Gasteiger partial charge in [0.05, 0.1) is 30.6 Å². The summed E-state index contributed by atoms with van der Waals surface area (Å²) < 4.78 is 18.1. The van der Waals surface area contributed by atoms with Gasteiger partial charge >= 0.3 is 0 Å². The molecule has 3 rings (SSSR count). The maximum Gasteiger partial charge on any atom is 0.204 e.